The predicted octanol–water partition coefficient (Wildman–Crippen LogP) is 4.62. The molecule has 0 aliphatic heterocycles. The fourth-order valence-electron chi connectivity index (χ4n) is 2.82. The van der Waals surface area contributed by atoms with E-state index in [1.807, 2.05) is 66.7 Å². The van der Waals surface area contributed by atoms with Gasteiger partial charge in [0, 0.05) is 12.2 Å². The van der Waals surface area contributed by atoms with Gasteiger partial charge in [-0.25, -0.2) is 4.79 Å². The van der Waals surface area contributed by atoms with E-state index in [1.54, 1.807) is 19.1 Å². The number of methoxy groups -OCH3 is 1. The highest BCUT2D eigenvalue weighted by Gasteiger charge is 2.14. The van der Waals surface area contributed by atoms with E-state index in [0.717, 1.165) is 16.7 Å². The van der Waals surface area contributed by atoms with Crippen LogP contribution < -0.4 is 15.4 Å². The van der Waals surface area contributed by atoms with Crippen LogP contribution in [0.1, 0.15) is 12.5 Å². The molecule has 0 radical (unpaired) electrons. The number of carbonyl (C=O) groups excluding carboxylic acids is 2. The molecule has 0 aromatic heterocycles. The first-order chi connectivity index (χ1) is 14.5. The van der Waals surface area contributed by atoms with E-state index in [2.05, 4.69) is 15.4 Å². The number of ether oxygens (including phenoxy) is 2. The van der Waals surface area contributed by atoms with Crippen molar-refractivity contribution in [3.63, 3.8) is 0 Å². The minimum absolute atomic E-state index is 0.209. The van der Waals surface area contributed by atoms with Gasteiger partial charge in [-0.05, 0) is 47.9 Å². The second kappa shape index (κ2) is 10.1. The lowest BCUT2D eigenvalue weighted by Crippen LogP contribution is -2.35. The first-order valence-corrected chi connectivity index (χ1v) is 9.59. The molecule has 0 saturated carbocycles. The summed E-state index contributed by atoms with van der Waals surface area (Å²) < 4.78 is 10.3. The predicted molar refractivity (Wildman–Crippen MR) is 116 cm³/mol. The minimum atomic E-state index is -0.632. The summed E-state index contributed by atoms with van der Waals surface area (Å²) in [6.07, 6.45) is -1.16. The number of rotatable bonds is 7. The van der Waals surface area contributed by atoms with E-state index in [-0.39, 0.29) is 5.91 Å². The van der Waals surface area contributed by atoms with E-state index in [0.29, 0.717) is 18.0 Å². The molecule has 6 heteroatoms. The number of hydrogen-bond donors (Lipinski definition) is 2. The van der Waals surface area contributed by atoms with Crippen LogP contribution in [0.5, 0.6) is 5.75 Å². The maximum absolute atomic E-state index is 12.4. The number of nitrogens with one attached hydrogen (secondary N) is 2. The number of benzene rings is 3. The lowest BCUT2D eigenvalue weighted by Gasteiger charge is -2.15. The average molecular weight is 404 g/mol. The van der Waals surface area contributed by atoms with Gasteiger partial charge >= 0.3 is 6.09 Å². The normalized spacial score (nSPS) is 11.3. The quantitative estimate of drug-likeness (QED) is 0.603. The number of amides is 2. The Labute approximate surface area is 175 Å². The largest absolute Gasteiger partial charge is 0.481 e. The molecule has 0 fully saturated rings. The molecular formula is C24H24N2O4. The van der Waals surface area contributed by atoms with Crippen molar-refractivity contribution in [1.29, 1.82) is 0 Å². The van der Waals surface area contributed by atoms with Crippen LogP contribution >= 0.6 is 0 Å². The second-order valence-electron chi connectivity index (χ2n) is 6.68. The van der Waals surface area contributed by atoms with Crippen molar-refractivity contribution in [1.82, 2.24) is 5.32 Å². The Kier molecular flexibility index (Phi) is 7.05. The highest BCUT2D eigenvalue weighted by molar-refractivity contribution is 5.84. The fourth-order valence-corrected chi connectivity index (χ4v) is 2.82. The third kappa shape index (κ3) is 5.85. The summed E-state index contributed by atoms with van der Waals surface area (Å²) in [4.78, 5) is 23.5. The van der Waals surface area contributed by atoms with Crippen LogP contribution in [0.4, 0.5) is 10.5 Å². The van der Waals surface area contributed by atoms with Gasteiger partial charge < -0.3 is 14.8 Å². The topological polar surface area (TPSA) is 76.7 Å². The molecule has 6 nitrogen and oxygen atoms in total. The van der Waals surface area contributed by atoms with Crippen molar-refractivity contribution in [2.45, 2.75) is 19.6 Å². The van der Waals surface area contributed by atoms with Gasteiger partial charge in [-0.3, -0.25) is 10.1 Å². The van der Waals surface area contributed by atoms with Gasteiger partial charge in [-0.2, -0.15) is 0 Å². The summed E-state index contributed by atoms with van der Waals surface area (Å²) in [5.41, 5.74) is 3.73. The molecule has 3 aromatic carbocycles. The van der Waals surface area contributed by atoms with Crippen LogP contribution in [0.25, 0.3) is 11.1 Å². The molecule has 3 aromatic rings. The molecular weight excluding hydrogens is 380 g/mol. The van der Waals surface area contributed by atoms with Gasteiger partial charge in [0.15, 0.2) is 6.10 Å². The van der Waals surface area contributed by atoms with Crippen LogP contribution in [0.15, 0.2) is 78.9 Å². The van der Waals surface area contributed by atoms with Crippen molar-refractivity contribution in [2.24, 2.45) is 0 Å². The summed E-state index contributed by atoms with van der Waals surface area (Å²) in [6, 6.07) is 24.8. The summed E-state index contributed by atoms with van der Waals surface area (Å²) in [5, 5.41) is 5.43. The second-order valence-corrected chi connectivity index (χ2v) is 6.68. The maximum Gasteiger partial charge on any atom is 0.411 e. The molecule has 0 heterocycles. The van der Waals surface area contributed by atoms with E-state index < -0.39 is 12.2 Å². The van der Waals surface area contributed by atoms with Gasteiger partial charge in [0.1, 0.15) is 5.75 Å². The monoisotopic (exact) mass is 404 g/mol. The Morgan fingerprint density at radius 1 is 0.867 bits per heavy atom. The smallest absolute Gasteiger partial charge is 0.411 e. The van der Waals surface area contributed by atoms with Crippen LogP contribution in [-0.4, -0.2) is 25.2 Å². The number of carbonyl (C=O) groups is 2. The Balaban J connectivity index is 1.49. The third-order valence-corrected chi connectivity index (χ3v) is 4.50. The van der Waals surface area contributed by atoms with E-state index >= 15 is 0 Å². The highest BCUT2D eigenvalue weighted by Crippen LogP contribution is 2.22. The summed E-state index contributed by atoms with van der Waals surface area (Å²) >= 11 is 0. The van der Waals surface area contributed by atoms with Crippen molar-refractivity contribution in [3.8, 4) is 16.9 Å². The van der Waals surface area contributed by atoms with Gasteiger partial charge in [-0.1, -0.05) is 54.6 Å². The van der Waals surface area contributed by atoms with Crippen LogP contribution in [0.3, 0.4) is 0 Å². The first kappa shape index (κ1) is 20.9. The minimum Gasteiger partial charge on any atom is -0.481 e. The SMILES string of the molecule is COC(=O)Nc1ccc(CNC(=O)C(C)Oc2ccc(-c3ccccc3)cc2)cc1. The molecule has 30 heavy (non-hydrogen) atoms. The lowest BCUT2D eigenvalue weighted by atomic mass is 10.1. The molecule has 0 aliphatic carbocycles. The van der Waals surface area contributed by atoms with Crippen LogP contribution in [0, 0.1) is 0 Å². The molecule has 2 N–H and O–H groups in total. The molecule has 0 spiro atoms. The van der Waals surface area contributed by atoms with E-state index in [1.165, 1.54) is 7.11 Å². The molecule has 2 amide bonds. The zero-order valence-corrected chi connectivity index (χ0v) is 16.9. The van der Waals surface area contributed by atoms with Crippen LogP contribution in [-0.2, 0) is 16.1 Å². The highest BCUT2D eigenvalue weighted by atomic mass is 16.5. The fraction of sp³-hybridized carbons (Fsp3) is 0.167. The van der Waals surface area contributed by atoms with Gasteiger partial charge in [-0.15, -0.1) is 0 Å². The van der Waals surface area contributed by atoms with Crippen molar-refractivity contribution >= 4 is 17.7 Å². The molecule has 0 aliphatic rings. The van der Waals surface area contributed by atoms with Gasteiger partial charge in [0.2, 0.25) is 0 Å². The standard InChI is InChI=1S/C24H24N2O4/c1-17(30-22-14-10-20(11-15-22)19-6-4-3-5-7-19)23(27)25-16-18-8-12-21(13-9-18)26-24(28)29-2/h3-15,17H,16H2,1-2H3,(H,25,27)(H,26,28). The Hall–Kier alpha value is -3.80. The molecule has 0 bridgehead atoms. The van der Waals surface area contributed by atoms with Crippen molar-refractivity contribution in [3.05, 3.63) is 84.4 Å². The summed E-state index contributed by atoms with van der Waals surface area (Å²) in [5.74, 6) is 0.425. The first-order valence-electron chi connectivity index (χ1n) is 9.59. The Morgan fingerprint density at radius 2 is 1.50 bits per heavy atom. The van der Waals surface area contributed by atoms with E-state index in [4.69, 9.17) is 4.74 Å². The Bertz CT molecular complexity index is 970. The summed E-state index contributed by atoms with van der Waals surface area (Å²) in [7, 11) is 1.31. The molecule has 1 unspecified atom stereocenters. The molecule has 0 saturated heterocycles. The third-order valence-electron chi connectivity index (χ3n) is 4.50. The van der Waals surface area contributed by atoms with Crippen molar-refractivity contribution in [2.75, 3.05) is 12.4 Å². The van der Waals surface area contributed by atoms with Crippen molar-refractivity contribution < 1.29 is 19.1 Å². The number of hydrogen-bond acceptors (Lipinski definition) is 4. The molecule has 3 rings (SSSR count). The molecule has 154 valence electrons. The lowest BCUT2D eigenvalue weighted by molar-refractivity contribution is -0.127. The average Bonchev–Trinajstić information content (AvgIpc) is 2.79. The Morgan fingerprint density at radius 3 is 2.13 bits per heavy atom. The van der Waals surface area contributed by atoms with E-state index in [9.17, 15) is 9.59 Å². The number of anilines is 1. The zero-order valence-electron chi connectivity index (χ0n) is 16.9. The zero-order chi connectivity index (χ0) is 21.3. The van der Waals surface area contributed by atoms with Gasteiger partial charge in [0.25, 0.3) is 5.91 Å². The van der Waals surface area contributed by atoms with Gasteiger partial charge in [0.05, 0.1) is 7.11 Å². The summed E-state index contributed by atoms with van der Waals surface area (Å²) in [6.45, 7) is 2.07. The maximum atomic E-state index is 12.4. The van der Waals surface area contributed by atoms with Crippen LogP contribution in [0.2, 0.25) is 0 Å². The molecule has 1 atom stereocenters.